The molecule has 0 heterocycles. The molecule has 0 aliphatic heterocycles. The van der Waals surface area contributed by atoms with Crippen LogP contribution in [0.25, 0.3) is 0 Å². The Balaban J connectivity index is 3.17. The quantitative estimate of drug-likeness (QED) is 0.492. The monoisotopic (exact) mass is 106 g/mol. The van der Waals surface area contributed by atoms with Gasteiger partial charge in [0, 0.05) is 27.3 Å². The molecule has 1 nitrogen and oxygen atoms in total. The fourth-order valence-corrected chi connectivity index (χ4v) is 0. The van der Waals surface area contributed by atoms with E-state index in [0.29, 0.717) is 0 Å². The van der Waals surface area contributed by atoms with Crippen LogP contribution in [0.4, 0.5) is 0 Å². The van der Waals surface area contributed by atoms with Crippen LogP contribution in [0.15, 0.2) is 0 Å². The molecule has 0 rings (SSSR count). The zero-order valence-corrected chi connectivity index (χ0v) is 5.63. The van der Waals surface area contributed by atoms with Crippen molar-refractivity contribution in [3.8, 4) is 0 Å². The van der Waals surface area contributed by atoms with Crippen molar-refractivity contribution in [3.63, 3.8) is 0 Å². The number of rotatable bonds is 1. The maximum atomic E-state index is 5.35. The van der Waals surface area contributed by atoms with Crippen LogP contribution in [-0.2, 0) is 0 Å². The highest BCUT2D eigenvalue weighted by Crippen LogP contribution is 2.43. The number of hydrogen-bond acceptors (Lipinski definition) is 1. The van der Waals surface area contributed by atoms with Crippen molar-refractivity contribution in [1.82, 2.24) is 0 Å². The van der Waals surface area contributed by atoms with E-state index in [1.54, 1.807) is 0 Å². The Morgan fingerprint density at radius 2 is 1.50 bits per heavy atom. The first-order valence-electron chi connectivity index (χ1n) is 2.07. The van der Waals surface area contributed by atoms with Crippen LogP contribution >= 0.6 is 7.26 Å². The smallest absolute Gasteiger partial charge is 0.106 e. The zero-order chi connectivity index (χ0) is 5.21. The summed E-state index contributed by atoms with van der Waals surface area (Å²) in [6.07, 6.45) is 0.882. The molecule has 0 aromatic rings. The second kappa shape index (κ2) is 1.90. The van der Waals surface area contributed by atoms with Gasteiger partial charge >= 0.3 is 0 Å². The summed E-state index contributed by atoms with van der Waals surface area (Å²) in [5.74, 6) is 0. The molecule has 2 N–H and O–H groups in total. The Morgan fingerprint density at radius 3 is 1.50 bits per heavy atom. The van der Waals surface area contributed by atoms with Gasteiger partial charge in [0.2, 0.25) is 0 Å². The summed E-state index contributed by atoms with van der Waals surface area (Å²) < 4.78 is 0. The lowest BCUT2D eigenvalue weighted by atomic mass is 11.5. The first-order chi connectivity index (χ1) is 2.56. The van der Waals surface area contributed by atoms with Gasteiger partial charge in [0.1, 0.15) is 6.29 Å². The van der Waals surface area contributed by atoms with Gasteiger partial charge in [0.05, 0.1) is 0 Å². The molecule has 0 atom stereocenters. The van der Waals surface area contributed by atoms with Crippen LogP contribution in [0, 0.1) is 0 Å². The first kappa shape index (κ1) is 6.39. The Hall–Kier alpha value is 0.390. The van der Waals surface area contributed by atoms with E-state index < -0.39 is 7.26 Å². The standard InChI is InChI=1S/C4H13NP/c1-6(2,3)4-5/h4-5H2,1-3H3/q+1. The summed E-state index contributed by atoms with van der Waals surface area (Å²) in [6, 6.07) is 0. The third-order valence-electron chi connectivity index (χ3n) is 0.548. The molecule has 0 aromatic heterocycles. The molecule has 0 bridgehead atoms. The van der Waals surface area contributed by atoms with Crippen LogP contribution in [0.1, 0.15) is 0 Å². The van der Waals surface area contributed by atoms with E-state index in [4.69, 9.17) is 5.73 Å². The average Bonchev–Trinajstić information content (AvgIpc) is 1.35. The van der Waals surface area contributed by atoms with Gasteiger partial charge in [-0.15, -0.1) is 0 Å². The fraction of sp³-hybridized carbons (Fsp3) is 1.00. The van der Waals surface area contributed by atoms with Gasteiger partial charge in [0.15, 0.2) is 0 Å². The molecular formula is C4H13NP+. The van der Waals surface area contributed by atoms with E-state index in [1.165, 1.54) is 0 Å². The van der Waals surface area contributed by atoms with E-state index in [9.17, 15) is 0 Å². The molecule has 0 amide bonds. The molecule has 38 valence electrons. The van der Waals surface area contributed by atoms with Crippen molar-refractivity contribution >= 4 is 7.26 Å². The SMILES string of the molecule is C[P+](C)(C)CN. The van der Waals surface area contributed by atoms with Crippen LogP contribution in [0.2, 0.25) is 0 Å². The van der Waals surface area contributed by atoms with Gasteiger partial charge in [-0.25, -0.2) is 0 Å². The largest absolute Gasteiger partial charge is 0.299 e. The van der Waals surface area contributed by atoms with E-state index >= 15 is 0 Å². The maximum Gasteiger partial charge on any atom is 0.106 e. The predicted molar refractivity (Wildman–Crippen MR) is 33.7 cm³/mol. The molecule has 0 unspecified atom stereocenters. The summed E-state index contributed by atoms with van der Waals surface area (Å²) >= 11 is 0. The Bertz CT molecular complexity index is 37.3. The zero-order valence-electron chi connectivity index (χ0n) is 4.73. The Morgan fingerprint density at radius 1 is 1.33 bits per heavy atom. The normalized spacial score (nSPS) is 12.0. The molecule has 0 aliphatic carbocycles. The molecule has 2 heteroatoms. The number of nitrogens with two attached hydrogens (primary N) is 1. The fourth-order valence-electron chi connectivity index (χ4n) is 0. The van der Waals surface area contributed by atoms with Crippen LogP contribution < -0.4 is 5.73 Å². The maximum absolute atomic E-state index is 5.35. The lowest BCUT2D eigenvalue weighted by Gasteiger charge is -2.04. The Labute approximate surface area is 40.3 Å². The van der Waals surface area contributed by atoms with Crippen molar-refractivity contribution in [1.29, 1.82) is 0 Å². The van der Waals surface area contributed by atoms with Gasteiger partial charge in [-0.3, -0.25) is 5.73 Å². The first-order valence-corrected chi connectivity index (χ1v) is 5.38. The lowest BCUT2D eigenvalue weighted by Crippen LogP contribution is -2.02. The molecule has 0 radical (unpaired) electrons. The average molecular weight is 106 g/mol. The number of hydrogen-bond donors (Lipinski definition) is 1. The summed E-state index contributed by atoms with van der Waals surface area (Å²) in [5, 5.41) is 0. The van der Waals surface area contributed by atoms with E-state index in [1.807, 2.05) is 0 Å². The summed E-state index contributed by atoms with van der Waals surface area (Å²) in [7, 11) is -0.619. The second-order valence-corrected chi connectivity index (χ2v) is 7.42. The van der Waals surface area contributed by atoms with Crippen LogP contribution in [0.3, 0.4) is 0 Å². The van der Waals surface area contributed by atoms with E-state index in [2.05, 4.69) is 20.0 Å². The minimum absolute atomic E-state index is 0.619. The van der Waals surface area contributed by atoms with Crippen molar-refractivity contribution in [2.45, 2.75) is 0 Å². The molecule has 6 heavy (non-hydrogen) atoms. The van der Waals surface area contributed by atoms with Crippen molar-refractivity contribution in [3.05, 3.63) is 0 Å². The Kier molecular flexibility index (Phi) is 2.03. The minimum atomic E-state index is -0.619. The molecule has 0 saturated carbocycles. The third kappa shape index (κ3) is 4.39. The van der Waals surface area contributed by atoms with Gasteiger partial charge in [-0.2, -0.15) is 0 Å². The van der Waals surface area contributed by atoms with Crippen molar-refractivity contribution < 1.29 is 0 Å². The topological polar surface area (TPSA) is 26.0 Å². The lowest BCUT2D eigenvalue weighted by molar-refractivity contribution is 1.36. The van der Waals surface area contributed by atoms with Gasteiger partial charge in [-0.05, 0) is 0 Å². The summed E-state index contributed by atoms with van der Waals surface area (Å²) in [5.41, 5.74) is 5.35. The van der Waals surface area contributed by atoms with E-state index in [0.717, 1.165) is 6.29 Å². The highest BCUT2D eigenvalue weighted by molar-refractivity contribution is 7.73. The minimum Gasteiger partial charge on any atom is -0.299 e. The second-order valence-electron chi connectivity index (χ2n) is 2.47. The van der Waals surface area contributed by atoms with Gasteiger partial charge in [0.25, 0.3) is 0 Å². The van der Waals surface area contributed by atoms with Gasteiger partial charge in [-0.1, -0.05) is 0 Å². The third-order valence-corrected chi connectivity index (χ3v) is 1.64. The van der Waals surface area contributed by atoms with Gasteiger partial charge < -0.3 is 0 Å². The van der Waals surface area contributed by atoms with Crippen molar-refractivity contribution in [2.75, 3.05) is 26.3 Å². The van der Waals surface area contributed by atoms with Crippen LogP contribution in [-0.4, -0.2) is 26.3 Å². The summed E-state index contributed by atoms with van der Waals surface area (Å²) in [4.78, 5) is 0. The highest BCUT2D eigenvalue weighted by atomic mass is 31.2. The molecule has 0 saturated heterocycles. The van der Waals surface area contributed by atoms with Crippen molar-refractivity contribution in [2.24, 2.45) is 5.73 Å². The molecular weight excluding hydrogens is 93.0 g/mol. The molecule has 0 aromatic carbocycles. The van der Waals surface area contributed by atoms with E-state index in [-0.39, 0.29) is 0 Å². The summed E-state index contributed by atoms with van der Waals surface area (Å²) in [6.45, 7) is 6.69. The highest BCUT2D eigenvalue weighted by Gasteiger charge is 2.11. The predicted octanol–water partition coefficient (Wildman–Crippen LogP) is 0.810. The molecule has 0 fully saturated rings. The van der Waals surface area contributed by atoms with Crippen LogP contribution in [0.5, 0.6) is 0 Å². The molecule has 0 spiro atoms. The molecule has 0 aliphatic rings.